The number of hydrogen-bond donors (Lipinski definition) is 1. The third-order valence-electron chi connectivity index (χ3n) is 2.22. The normalized spacial score (nSPS) is 12.3. The Labute approximate surface area is 107 Å². The highest BCUT2D eigenvalue weighted by Crippen LogP contribution is 2.21. The molecule has 1 aromatic heterocycles. The second-order valence-electron chi connectivity index (χ2n) is 6.48. The van der Waals surface area contributed by atoms with Crippen LogP contribution in [0, 0.1) is 0 Å². The number of hydrogen-bond acceptors (Lipinski definition) is 3. The summed E-state index contributed by atoms with van der Waals surface area (Å²) in [5.41, 5.74) is -0.893. The summed E-state index contributed by atoms with van der Waals surface area (Å²) in [7, 11) is 0. The first-order valence-corrected chi connectivity index (χ1v) is 5.97. The summed E-state index contributed by atoms with van der Waals surface area (Å²) in [6.07, 6.45) is 0. The van der Waals surface area contributed by atoms with Crippen molar-refractivity contribution >= 4 is 5.91 Å². The summed E-state index contributed by atoms with van der Waals surface area (Å²) in [4.78, 5) is 23.5. The molecule has 4 nitrogen and oxygen atoms in total. The van der Waals surface area contributed by atoms with Gasteiger partial charge in [0.25, 0.3) is 5.91 Å². The zero-order valence-corrected chi connectivity index (χ0v) is 11.9. The average molecular weight is 251 g/mol. The fraction of sp³-hybridized carbons (Fsp3) is 0.571. The molecule has 0 fully saturated rings. The first-order valence-electron chi connectivity index (χ1n) is 5.97. The molecule has 0 saturated carbocycles. The van der Waals surface area contributed by atoms with Gasteiger partial charge in [-0.1, -0.05) is 20.8 Å². The molecule has 1 heterocycles. The van der Waals surface area contributed by atoms with E-state index in [1.54, 1.807) is 0 Å². The highest BCUT2D eigenvalue weighted by Gasteiger charge is 2.22. The molecule has 1 rings (SSSR count). The van der Waals surface area contributed by atoms with Gasteiger partial charge in [-0.05, 0) is 20.8 Å². The molecule has 1 N–H and O–H groups in total. The van der Waals surface area contributed by atoms with Crippen molar-refractivity contribution in [2.45, 2.75) is 52.5 Å². The molecular weight excluding hydrogens is 230 g/mol. The highest BCUT2D eigenvalue weighted by molar-refractivity contribution is 5.91. The molecule has 0 aliphatic rings. The molecule has 0 bridgehead atoms. The van der Waals surface area contributed by atoms with Gasteiger partial charge in [0.1, 0.15) is 5.76 Å². The molecule has 0 radical (unpaired) electrons. The van der Waals surface area contributed by atoms with Gasteiger partial charge < -0.3 is 9.73 Å². The lowest BCUT2D eigenvalue weighted by atomic mass is 9.93. The van der Waals surface area contributed by atoms with Crippen LogP contribution in [0.2, 0.25) is 0 Å². The summed E-state index contributed by atoms with van der Waals surface area (Å²) in [5.74, 6) is 0.196. The maximum Gasteiger partial charge on any atom is 0.287 e. The van der Waals surface area contributed by atoms with Crippen LogP contribution < -0.4 is 10.7 Å². The van der Waals surface area contributed by atoms with Crippen LogP contribution >= 0.6 is 0 Å². The van der Waals surface area contributed by atoms with Crippen molar-refractivity contribution in [3.8, 4) is 0 Å². The van der Waals surface area contributed by atoms with Crippen LogP contribution in [0.15, 0.2) is 21.3 Å². The van der Waals surface area contributed by atoms with Crippen LogP contribution in [-0.2, 0) is 5.41 Å². The van der Waals surface area contributed by atoms with E-state index < -0.39 is 0 Å². The predicted octanol–water partition coefficient (Wildman–Crippen LogP) is 2.47. The molecule has 0 spiro atoms. The van der Waals surface area contributed by atoms with Gasteiger partial charge in [-0.3, -0.25) is 9.59 Å². The van der Waals surface area contributed by atoms with Crippen molar-refractivity contribution in [1.29, 1.82) is 0 Å². The van der Waals surface area contributed by atoms with E-state index >= 15 is 0 Å². The van der Waals surface area contributed by atoms with Crippen molar-refractivity contribution in [3.05, 3.63) is 33.9 Å². The maximum atomic E-state index is 11.9. The second kappa shape index (κ2) is 4.59. The molecule has 1 aromatic rings. The molecule has 0 aromatic carbocycles. The molecular formula is C14H21NO3. The summed E-state index contributed by atoms with van der Waals surface area (Å²) in [5, 5.41) is 2.77. The topological polar surface area (TPSA) is 59.3 Å². The molecule has 0 aliphatic carbocycles. The lowest BCUT2D eigenvalue weighted by Gasteiger charge is -2.21. The fourth-order valence-corrected chi connectivity index (χ4v) is 1.36. The Morgan fingerprint density at radius 2 is 1.67 bits per heavy atom. The number of carbonyl (C=O) groups is 1. The summed E-state index contributed by atoms with van der Waals surface area (Å²) in [6, 6.07) is 2.64. The van der Waals surface area contributed by atoms with E-state index in [0.717, 1.165) is 0 Å². The summed E-state index contributed by atoms with van der Waals surface area (Å²) >= 11 is 0. The molecule has 0 atom stereocenters. The first kappa shape index (κ1) is 14.5. The Balaban J connectivity index is 3.15. The van der Waals surface area contributed by atoms with Gasteiger partial charge in [0.05, 0.1) is 0 Å². The quantitative estimate of drug-likeness (QED) is 0.834. The molecule has 4 heteroatoms. The number of nitrogens with one attached hydrogen (secondary N) is 1. The molecule has 0 unspecified atom stereocenters. The second-order valence-corrected chi connectivity index (χ2v) is 6.48. The molecule has 100 valence electrons. The van der Waals surface area contributed by atoms with E-state index in [9.17, 15) is 9.59 Å². The van der Waals surface area contributed by atoms with Crippen molar-refractivity contribution in [3.63, 3.8) is 0 Å². The smallest absolute Gasteiger partial charge is 0.287 e. The Kier molecular flexibility index (Phi) is 3.70. The van der Waals surface area contributed by atoms with E-state index in [-0.39, 0.29) is 28.1 Å². The minimum Gasteiger partial charge on any atom is -0.455 e. The van der Waals surface area contributed by atoms with Crippen molar-refractivity contribution in [2.75, 3.05) is 0 Å². The van der Waals surface area contributed by atoms with Crippen molar-refractivity contribution in [2.24, 2.45) is 0 Å². The van der Waals surface area contributed by atoms with Gasteiger partial charge in [0.2, 0.25) is 0 Å². The Morgan fingerprint density at radius 1 is 1.11 bits per heavy atom. The van der Waals surface area contributed by atoms with Gasteiger partial charge in [0.15, 0.2) is 11.2 Å². The Morgan fingerprint density at radius 3 is 2.11 bits per heavy atom. The van der Waals surface area contributed by atoms with E-state index in [1.165, 1.54) is 12.1 Å². The third-order valence-corrected chi connectivity index (χ3v) is 2.22. The van der Waals surface area contributed by atoms with E-state index in [4.69, 9.17) is 4.42 Å². The van der Waals surface area contributed by atoms with Gasteiger partial charge in [-0.25, -0.2) is 0 Å². The third kappa shape index (κ3) is 4.02. The van der Waals surface area contributed by atoms with E-state index in [2.05, 4.69) is 5.32 Å². The Hall–Kier alpha value is -1.58. The van der Waals surface area contributed by atoms with Crippen LogP contribution in [-0.4, -0.2) is 11.4 Å². The fourth-order valence-electron chi connectivity index (χ4n) is 1.36. The van der Waals surface area contributed by atoms with Gasteiger partial charge >= 0.3 is 0 Å². The largest absolute Gasteiger partial charge is 0.455 e. The van der Waals surface area contributed by atoms with Gasteiger partial charge in [0, 0.05) is 23.1 Å². The minimum atomic E-state index is -0.370. The lowest BCUT2D eigenvalue weighted by molar-refractivity contribution is 0.0884. The van der Waals surface area contributed by atoms with Gasteiger partial charge in [-0.15, -0.1) is 0 Å². The van der Waals surface area contributed by atoms with Crippen molar-refractivity contribution in [1.82, 2.24) is 5.32 Å². The highest BCUT2D eigenvalue weighted by atomic mass is 16.3. The summed E-state index contributed by atoms with van der Waals surface area (Å²) < 4.78 is 5.52. The standard InChI is InChI=1S/C14H21NO3/c1-13(2,3)11-8-9(16)7-10(18-11)12(17)15-14(4,5)6/h7-8H,1-6H3,(H,15,17). The molecule has 0 aliphatic heterocycles. The SMILES string of the molecule is CC(C)(C)NC(=O)c1cc(=O)cc(C(C)(C)C)o1. The van der Waals surface area contributed by atoms with Crippen LogP contribution in [0.3, 0.4) is 0 Å². The van der Waals surface area contributed by atoms with Crippen LogP contribution in [0.5, 0.6) is 0 Å². The average Bonchev–Trinajstić information content (AvgIpc) is 2.12. The van der Waals surface area contributed by atoms with Crippen LogP contribution in [0.4, 0.5) is 0 Å². The first-order chi connectivity index (χ1) is 7.99. The number of carbonyl (C=O) groups excluding carboxylic acids is 1. The van der Waals surface area contributed by atoms with Crippen LogP contribution in [0.25, 0.3) is 0 Å². The zero-order valence-electron chi connectivity index (χ0n) is 11.9. The van der Waals surface area contributed by atoms with Gasteiger partial charge in [-0.2, -0.15) is 0 Å². The molecule has 1 amide bonds. The summed E-state index contributed by atoms with van der Waals surface area (Å²) in [6.45, 7) is 11.4. The molecule has 18 heavy (non-hydrogen) atoms. The number of rotatable bonds is 1. The van der Waals surface area contributed by atoms with E-state index in [1.807, 2.05) is 41.5 Å². The lowest BCUT2D eigenvalue weighted by Crippen LogP contribution is -2.41. The van der Waals surface area contributed by atoms with E-state index in [0.29, 0.717) is 5.76 Å². The minimum absolute atomic E-state index is 0.0577. The zero-order chi connectivity index (χ0) is 14.1. The maximum absolute atomic E-state index is 11.9. The van der Waals surface area contributed by atoms with Crippen molar-refractivity contribution < 1.29 is 9.21 Å². The van der Waals surface area contributed by atoms with Crippen LogP contribution in [0.1, 0.15) is 57.9 Å². The molecule has 0 saturated heterocycles. The monoisotopic (exact) mass is 251 g/mol. The number of amides is 1. The Bertz CT molecular complexity index is 501. The predicted molar refractivity (Wildman–Crippen MR) is 70.9 cm³/mol.